The molecule has 0 atom stereocenters. The average molecular weight is 463 g/mol. The Balaban J connectivity index is 1.78. The largest absolute Gasteiger partial charge is 0.416 e. The van der Waals surface area contributed by atoms with Crippen molar-refractivity contribution in [3.63, 3.8) is 0 Å². The van der Waals surface area contributed by atoms with E-state index >= 15 is 0 Å². The van der Waals surface area contributed by atoms with Crippen LogP contribution in [0.15, 0.2) is 66.7 Å². The number of aromatic nitrogens is 2. The third-order valence-electron chi connectivity index (χ3n) is 4.77. The van der Waals surface area contributed by atoms with Crippen LogP contribution >= 0.6 is 22.9 Å². The van der Waals surface area contributed by atoms with Crippen LogP contribution in [-0.2, 0) is 11.8 Å². The fraction of sp³-hybridized carbons (Fsp3) is 0.174. The highest BCUT2D eigenvalue weighted by molar-refractivity contribution is 7.18. The molecule has 0 saturated carbocycles. The zero-order valence-electron chi connectivity index (χ0n) is 16.6. The van der Waals surface area contributed by atoms with Crippen LogP contribution in [0.4, 0.5) is 13.2 Å². The monoisotopic (exact) mass is 462 g/mol. The maximum Gasteiger partial charge on any atom is 0.416 e. The molecule has 0 aliphatic heterocycles. The summed E-state index contributed by atoms with van der Waals surface area (Å²) in [5, 5.41) is 15.5. The highest BCUT2D eigenvalue weighted by Gasteiger charge is 2.30. The molecule has 0 spiro atoms. The van der Waals surface area contributed by atoms with E-state index in [1.165, 1.54) is 23.5 Å². The Morgan fingerprint density at radius 2 is 1.58 bits per heavy atom. The molecule has 0 unspecified atom stereocenters. The van der Waals surface area contributed by atoms with E-state index in [4.69, 9.17) is 11.6 Å². The number of hydrogen-bond acceptors (Lipinski definition) is 3. The van der Waals surface area contributed by atoms with Gasteiger partial charge >= 0.3 is 6.18 Å². The number of thiophene rings is 1. The molecule has 0 fully saturated rings. The summed E-state index contributed by atoms with van der Waals surface area (Å²) in [6.07, 6.45) is -4.37. The van der Waals surface area contributed by atoms with E-state index in [0.29, 0.717) is 22.0 Å². The van der Waals surface area contributed by atoms with Gasteiger partial charge in [-0.15, -0.1) is 11.3 Å². The number of alkyl halides is 3. The molecular formula is C23H18ClF3N2OS. The molecule has 2 aromatic carbocycles. The van der Waals surface area contributed by atoms with E-state index < -0.39 is 17.3 Å². The quantitative estimate of drug-likeness (QED) is 0.349. The van der Waals surface area contributed by atoms with Crippen LogP contribution in [0.25, 0.3) is 26.7 Å². The molecule has 31 heavy (non-hydrogen) atoms. The fourth-order valence-corrected chi connectivity index (χ4v) is 4.35. The van der Waals surface area contributed by atoms with Crippen molar-refractivity contribution in [3.05, 3.63) is 83.0 Å². The Labute approximate surface area is 186 Å². The minimum atomic E-state index is -4.37. The minimum absolute atomic E-state index is 0.479. The summed E-state index contributed by atoms with van der Waals surface area (Å²) in [6, 6.07) is 17.9. The number of halogens is 4. The van der Waals surface area contributed by atoms with Crippen molar-refractivity contribution in [2.45, 2.75) is 25.6 Å². The second-order valence-corrected chi connectivity index (χ2v) is 9.07. The molecular weight excluding hydrogens is 445 g/mol. The number of benzene rings is 2. The lowest BCUT2D eigenvalue weighted by molar-refractivity contribution is -0.137. The molecule has 0 aliphatic rings. The Morgan fingerprint density at radius 3 is 2.19 bits per heavy atom. The Hall–Kier alpha value is -2.61. The smallest absolute Gasteiger partial charge is 0.384 e. The van der Waals surface area contributed by atoms with Gasteiger partial charge in [-0.1, -0.05) is 35.9 Å². The standard InChI is InChI=1S/C23H18ClF3N2OS/c1-22(2,30)21-13-18(29(28-21)17-6-4-3-5-16(17)24)20-12-11-19(31-20)14-7-9-15(10-8-14)23(25,26)27/h3-13,30H,1-2H3. The number of rotatable bonds is 4. The van der Waals surface area contributed by atoms with Gasteiger partial charge in [0.15, 0.2) is 0 Å². The van der Waals surface area contributed by atoms with Crippen LogP contribution < -0.4 is 0 Å². The minimum Gasteiger partial charge on any atom is -0.384 e. The average Bonchev–Trinajstić information content (AvgIpc) is 3.35. The first-order valence-electron chi connectivity index (χ1n) is 9.40. The van der Waals surface area contributed by atoms with Gasteiger partial charge in [-0.2, -0.15) is 18.3 Å². The first-order chi connectivity index (χ1) is 14.5. The van der Waals surface area contributed by atoms with Crippen molar-refractivity contribution in [2.75, 3.05) is 0 Å². The summed E-state index contributed by atoms with van der Waals surface area (Å²) in [4.78, 5) is 1.67. The zero-order chi connectivity index (χ0) is 22.4. The first-order valence-corrected chi connectivity index (χ1v) is 10.6. The van der Waals surface area contributed by atoms with Gasteiger partial charge in [0.2, 0.25) is 0 Å². The molecule has 0 radical (unpaired) electrons. The van der Waals surface area contributed by atoms with Gasteiger partial charge in [0.25, 0.3) is 0 Å². The van der Waals surface area contributed by atoms with Gasteiger partial charge in [-0.25, -0.2) is 4.68 Å². The lowest BCUT2D eigenvalue weighted by Gasteiger charge is -2.13. The summed E-state index contributed by atoms with van der Waals surface area (Å²) in [5.41, 5.74) is 0.726. The first kappa shape index (κ1) is 21.6. The van der Waals surface area contributed by atoms with Crippen molar-refractivity contribution in [2.24, 2.45) is 0 Å². The van der Waals surface area contributed by atoms with E-state index in [1.807, 2.05) is 30.3 Å². The van der Waals surface area contributed by atoms with Gasteiger partial charge in [0, 0.05) is 4.88 Å². The molecule has 4 rings (SSSR count). The second-order valence-electron chi connectivity index (χ2n) is 7.58. The Bertz CT molecular complexity index is 1220. The molecule has 0 saturated heterocycles. The van der Waals surface area contributed by atoms with Crippen LogP contribution in [0.5, 0.6) is 0 Å². The van der Waals surface area contributed by atoms with E-state index in [2.05, 4.69) is 5.10 Å². The maximum atomic E-state index is 12.8. The lowest BCUT2D eigenvalue weighted by Crippen LogP contribution is -2.16. The summed E-state index contributed by atoms with van der Waals surface area (Å²) in [6.45, 7) is 3.30. The number of para-hydroxylation sites is 1. The van der Waals surface area contributed by atoms with Crippen molar-refractivity contribution in [1.29, 1.82) is 0 Å². The van der Waals surface area contributed by atoms with Crippen LogP contribution in [0.3, 0.4) is 0 Å². The van der Waals surface area contributed by atoms with Gasteiger partial charge in [0.05, 0.1) is 32.5 Å². The third-order valence-corrected chi connectivity index (χ3v) is 6.25. The summed E-state index contributed by atoms with van der Waals surface area (Å²) in [7, 11) is 0. The van der Waals surface area contributed by atoms with Crippen LogP contribution in [-0.4, -0.2) is 14.9 Å². The van der Waals surface area contributed by atoms with E-state index in [0.717, 1.165) is 27.6 Å². The highest BCUT2D eigenvalue weighted by Crippen LogP contribution is 2.39. The molecule has 3 nitrogen and oxygen atoms in total. The van der Waals surface area contributed by atoms with Crippen molar-refractivity contribution in [3.8, 4) is 26.7 Å². The summed E-state index contributed by atoms with van der Waals surface area (Å²) < 4.78 is 40.2. The summed E-state index contributed by atoms with van der Waals surface area (Å²) >= 11 is 7.81. The number of hydrogen-bond donors (Lipinski definition) is 1. The molecule has 2 heterocycles. The normalized spacial score (nSPS) is 12.4. The van der Waals surface area contributed by atoms with Crippen LogP contribution in [0, 0.1) is 0 Å². The van der Waals surface area contributed by atoms with Gasteiger partial charge in [-0.3, -0.25) is 0 Å². The van der Waals surface area contributed by atoms with Gasteiger partial charge in [0.1, 0.15) is 5.60 Å². The van der Waals surface area contributed by atoms with Crippen molar-refractivity contribution >= 4 is 22.9 Å². The molecule has 4 aromatic rings. The lowest BCUT2D eigenvalue weighted by atomic mass is 10.1. The molecule has 0 aliphatic carbocycles. The predicted molar refractivity (Wildman–Crippen MR) is 118 cm³/mol. The zero-order valence-corrected chi connectivity index (χ0v) is 18.2. The second kappa shape index (κ2) is 7.82. The maximum absolute atomic E-state index is 12.8. The molecule has 0 amide bonds. The predicted octanol–water partition coefficient (Wildman–Crippen LogP) is 7.17. The third kappa shape index (κ3) is 4.39. The van der Waals surface area contributed by atoms with E-state index in [-0.39, 0.29) is 0 Å². The number of aliphatic hydroxyl groups is 1. The molecule has 0 bridgehead atoms. The SMILES string of the molecule is CC(C)(O)c1cc(-c2ccc(-c3ccc(C(F)(F)F)cc3)s2)n(-c2ccccc2Cl)n1. The molecule has 2 aromatic heterocycles. The van der Waals surface area contributed by atoms with Crippen molar-refractivity contribution in [1.82, 2.24) is 9.78 Å². The van der Waals surface area contributed by atoms with E-state index in [9.17, 15) is 18.3 Å². The van der Waals surface area contributed by atoms with E-state index in [1.54, 1.807) is 30.7 Å². The Morgan fingerprint density at radius 1 is 0.935 bits per heavy atom. The highest BCUT2D eigenvalue weighted by atomic mass is 35.5. The van der Waals surface area contributed by atoms with Gasteiger partial charge < -0.3 is 5.11 Å². The van der Waals surface area contributed by atoms with Crippen LogP contribution in [0.2, 0.25) is 5.02 Å². The summed E-state index contributed by atoms with van der Waals surface area (Å²) in [5.74, 6) is 0. The molecule has 8 heteroatoms. The van der Waals surface area contributed by atoms with Gasteiger partial charge in [-0.05, 0) is 61.9 Å². The van der Waals surface area contributed by atoms with Crippen molar-refractivity contribution < 1.29 is 18.3 Å². The molecule has 1 N–H and O–H groups in total. The fourth-order valence-electron chi connectivity index (χ4n) is 3.12. The number of nitrogens with zero attached hydrogens (tertiary/aromatic N) is 2. The molecule has 160 valence electrons. The topological polar surface area (TPSA) is 38.0 Å². The van der Waals surface area contributed by atoms with Crippen LogP contribution in [0.1, 0.15) is 25.1 Å². The Kier molecular flexibility index (Phi) is 5.45.